The van der Waals surface area contributed by atoms with Crippen LogP contribution >= 0.6 is 11.8 Å². The molecule has 3 aromatic rings. The Bertz CT molecular complexity index is 1230. The van der Waals surface area contributed by atoms with Gasteiger partial charge in [0.15, 0.2) is 0 Å². The molecule has 1 amide bonds. The molecule has 1 aliphatic heterocycles. The number of ether oxygens (including phenoxy) is 1. The van der Waals surface area contributed by atoms with Gasteiger partial charge in [-0.1, -0.05) is 11.8 Å². The van der Waals surface area contributed by atoms with Crippen molar-refractivity contribution in [2.75, 3.05) is 7.11 Å². The topological polar surface area (TPSA) is 54.8 Å². The normalized spacial score (nSPS) is 16.0. The van der Waals surface area contributed by atoms with Crippen molar-refractivity contribution < 1.29 is 31.5 Å². The Morgan fingerprint density at radius 3 is 2.45 bits per heavy atom. The van der Waals surface area contributed by atoms with Crippen LogP contribution in [0.2, 0.25) is 0 Å². The van der Waals surface area contributed by atoms with Gasteiger partial charge in [0.1, 0.15) is 22.1 Å². The molecule has 33 heavy (non-hydrogen) atoms. The number of alkyl halides is 3. The number of nitrogens with zero attached hydrogens (tertiary/aromatic N) is 3. The summed E-state index contributed by atoms with van der Waals surface area (Å²) in [5.41, 5.74) is -0.863. The molecular formula is C22H14F5N3O2S. The van der Waals surface area contributed by atoms with Gasteiger partial charge in [0.05, 0.1) is 18.2 Å². The summed E-state index contributed by atoms with van der Waals surface area (Å²) in [4.78, 5) is 17.3. The highest BCUT2D eigenvalue weighted by molar-refractivity contribution is 8.14. The van der Waals surface area contributed by atoms with Crippen molar-refractivity contribution in [1.82, 2.24) is 9.99 Å². The van der Waals surface area contributed by atoms with Crippen molar-refractivity contribution >= 4 is 22.7 Å². The van der Waals surface area contributed by atoms with Crippen LogP contribution in [0.3, 0.4) is 0 Å². The molecule has 0 spiro atoms. The number of hydrazone groups is 1. The van der Waals surface area contributed by atoms with Gasteiger partial charge in [-0.05, 0) is 54.6 Å². The first kappa shape index (κ1) is 22.7. The number of hydrogen-bond acceptors (Lipinski definition) is 5. The van der Waals surface area contributed by atoms with Gasteiger partial charge in [-0.15, -0.1) is 0 Å². The number of rotatable bonds is 4. The van der Waals surface area contributed by atoms with E-state index in [0.717, 1.165) is 22.8 Å². The van der Waals surface area contributed by atoms with Crippen molar-refractivity contribution in [3.8, 4) is 5.88 Å². The molecular weight excluding hydrogens is 465 g/mol. The van der Waals surface area contributed by atoms with Crippen molar-refractivity contribution in [3.63, 3.8) is 0 Å². The number of amides is 1. The molecule has 0 N–H and O–H groups in total. The molecule has 4 rings (SSSR count). The van der Waals surface area contributed by atoms with Gasteiger partial charge in [0.2, 0.25) is 5.88 Å². The third kappa shape index (κ3) is 4.54. The van der Waals surface area contributed by atoms with Crippen LogP contribution < -0.4 is 4.74 Å². The lowest BCUT2D eigenvalue weighted by molar-refractivity contribution is -0.137. The minimum atomic E-state index is -4.76. The van der Waals surface area contributed by atoms with E-state index in [-0.39, 0.29) is 11.9 Å². The Hall–Kier alpha value is -3.47. The molecule has 0 aliphatic carbocycles. The Kier molecular flexibility index (Phi) is 6.07. The van der Waals surface area contributed by atoms with Gasteiger partial charge in [-0.2, -0.15) is 18.3 Å². The van der Waals surface area contributed by atoms with E-state index >= 15 is 0 Å². The van der Waals surface area contributed by atoms with E-state index in [1.807, 2.05) is 0 Å². The summed E-state index contributed by atoms with van der Waals surface area (Å²) < 4.78 is 71.9. The predicted octanol–water partition coefficient (Wildman–Crippen LogP) is 5.64. The summed E-state index contributed by atoms with van der Waals surface area (Å²) in [6.07, 6.45) is -3.28. The van der Waals surface area contributed by atoms with E-state index in [0.29, 0.717) is 22.2 Å². The summed E-state index contributed by atoms with van der Waals surface area (Å²) in [5.74, 6) is -2.56. The third-order valence-corrected chi connectivity index (χ3v) is 5.95. The average molecular weight is 479 g/mol. The van der Waals surface area contributed by atoms with Crippen molar-refractivity contribution in [3.05, 3.63) is 94.7 Å². The van der Waals surface area contributed by atoms with Crippen LogP contribution in [0.4, 0.5) is 22.0 Å². The van der Waals surface area contributed by atoms with Crippen LogP contribution in [-0.4, -0.2) is 28.1 Å². The highest BCUT2D eigenvalue weighted by Crippen LogP contribution is 2.44. The monoisotopic (exact) mass is 479 g/mol. The molecule has 0 saturated carbocycles. The van der Waals surface area contributed by atoms with E-state index in [2.05, 4.69) is 10.1 Å². The van der Waals surface area contributed by atoms with E-state index in [9.17, 15) is 26.7 Å². The fourth-order valence-corrected chi connectivity index (χ4v) is 4.31. The van der Waals surface area contributed by atoms with E-state index < -0.39 is 40.2 Å². The number of hydrogen-bond donors (Lipinski definition) is 0. The number of halogens is 5. The lowest BCUT2D eigenvalue weighted by Gasteiger charge is -2.22. The van der Waals surface area contributed by atoms with E-state index in [1.165, 1.54) is 37.6 Å². The first-order valence-corrected chi connectivity index (χ1v) is 10.3. The molecule has 0 bridgehead atoms. The first-order chi connectivity index (χ1) is 15.7. The zero-order valence-corrected chi connectivity index (χ0v) is 17.6. The molecule has 2 aromatic carbocycles. The van der Waals surface area contributed by atoms with Crippen molar-refractivity contribution in [2.24, 2.45) is 5.10 Å². The van der Waals surface area contributed by atoms with Crippen LogP contribution in [-0.2, 0) is 6.18 Å². The van der Waals surface area contributed by atoms with Gasteiger partial charge < -0.3 is 4.74 Å². The SMILES string of the molecule is COc1ncccc1C1SC(c2ccc(F)cc2)=NN1C(=O)c1ccc(C(F)(F)F)cc1F. The lowest BCUT2D eigenvalue weighted by Crippen LogP contribution is -2.27. The minimum absolute atomic E-state index is 0.191. The number of carbonyl (C=O) groups is 1. The average Bonchev–Trinajstić information content (AvgIpc) is 3.23. The fraction of sp³-hybridized carbons (Fsp3) is 0.136. The lowest BCUT2D eigenvalue weighted by atomic mass is 10.1. The number of benzene rings is 2. The van der Waals surface area contributed by atoms with Gasteiger partial charge >= 0.3 is 6.18 Å². The molecule has 2 heterocycles. The van der Waals surface area contributed by atoms with Gasteiger partial charge in [0, 0.05) is 17.3 Å². The molecule has 5 nitrogen and oxygen atoms in total. The molecule has 1 aliphatic rings. The summed E-state index contributed by atoms with van der Waals surface area (Å²) >= 11 is 1.11. The molecule has 0 fully saturated rings. The quantitative estimate of drug-likeness (QED) is 0.455. The summed E-state index contributed by atoms with van der Waals surface area (Å²) in [7, 11) is 1.38. The predicted molar refractivity (Wildman–Crippen MR) is 112 cm³/mol. The smallest absolute Gasteiger partial charge is 0.416 e. The third-order valence-electron chi connectivity index (χ3n) is 4.73. The Labute approximate surface area is 188 Å². The second-order valence-electron chi connectivity index (χ2n) is 6.83. The van der Waals surface area contributed by atoms with Crippen LogP contribution in [0.25, 0.3) is 0 Å². The molecule has 1 unspecified atom stereocenters. The summed E-state index contributed by atoms with van der Waals surface area (Å²) in [5, 5.41) is 4.70. The van der Waals surface area contributed by atoms with Gasteiger partial charge in [0.25, 0.3) is 5.91 Å². The molecule has 1 aromatic heterocycles. The highest BCUT2D eigenvalue weighted by atomic mass is 32.2. The number of aromatic nitrogens is 1. The Balaban J connectivity index is 1.77. The maximum absolute atomic E-state index is 14.5. The Morgan fingerprint density at radius 1 is 1.09 bits per heavy atom. The van der Waals surface area contributed by atoms with Gasteiger partial charge in [-0.25, -0.2) is 18.8 Å². The largest absolute Gasteiger partial charge is 0.481 e. The molecule has 0 radical (unpaired) electrons. The molecule has 11 heteroatoms. The van der Waals surface area contributed by atoms with Crippen LogP contribution in [0.5, 0.6) is 5.88 Å². The molecule has 170 valence electrons. The van der Waals surface area contributed by atoms with Crippen molar-refractivity contribution in [2.45, 2.75) is 11.6 Å². The zero-order valence-electron chi connectivity index (χ0n) is 16.8. The number of pyridine rings is 1. The van der Waals surface area contributed by atoms with E-state index in [1.54, 1.807) is 12.1 Å². The van der Waals surface area contributed by atoms with E-state index in [4.69, 9.17) is 4.74 Å². The summed E-state index contributed by atoms with van der Waals surface area (Å²) in [6, 6.07) is 10.3. The number of methoxy groups -OCH3 is 1. The maximum Gasteiger partial charge on any atom is 0.416 e. The first-order valence-electron chi connectivity index (χ1n) is 9.39. The van der Waals surface area contributed by atoms with Crippen LogP contribution in [0.1, 0.15) is 32.4 Å². The van der Waals surface area contributed by atoms with Crippen molar-refractivity contribution in [1.29, 1.82) is 0 Å². The maximum atomic E-state index is 14.5. The second kappa shape index (κ2) is 8.81. The summed E-state index contributed by atoms with van der Waals surface area (Å²) in [6.45, 7) is 0. The Morgan fingerprint density at radius 2 is 1.82 bits per heavy atom. The highest BCUT2D eigenvalue weighted by Gasteiger charge is 2.38. The minimum Gasteiger partial charge on any atom is -0.481 e. The zero-order chi connectivity index (χ0) is 23.8. The standard InChI is InChI=1S/C22H14F5N3O2S/c1-32-18-16(3-2-10-28-18)21-30(29-19(33-21)12-4-7-14(23)8-5-12)20(31)15-9-6-13(11-17(15)24)22(25,26)27/h2-11,21H,1H3. The number of carbonyl (C=O) groups excluding carboxylic acids is 1. The van der Waals surface area contributed by atoms with Crippen LogP contribution in [0, 0.1) is 11.6 Å². The second-order valence-corrected chi connectivity index (χ2v) is 7.90. The van der Waals surface area contributed by atoms with Crippen LogP contribution in [0.15, 0.2) is 65.9 Å². The molecule has 0 saturated heterocycles. The molecule has 1 atom stereocenters. The van der Waals surface area contributed by atoms with Gasteiger partial charge in [-0.3, -0.25) is 4.79 Å². The fourth-order valence-electron chi connectivity index (χ4n) is 3.14. The number of thioether (sulfide) groups is 1.